The zero-order chi connectivity index (χ0) is 14.0. The van der Waals surface area contributed by atoms with Crippen molar-refractivity contribution < 1.29 is 0 Å². The fourth-order valence-electron chi connectivity index (χ4n) is 1.91. The lowest BCUT2D eigenvalue weighted by Crippen LogP contribution is -1.92. The average molecular weight is 253 g/mol. The Labute approximate surface area is 114 Å². The van der Waals surface area contributed by atoms with E-state index in [-0.39, 0.29) is 0 Å². The Morgan fingerprint density at radius 3 is 1.79 bits per heavy atom. The van der Waals surface area contributed by atoms with Crippen molar-refractivity contribution in [3.05, 3.63) is 52.6 Å². The molecule has 0 aliphatic carbocycles. The van der Waals surface area contributed by atoms with Crippen molar-refractivity contribution in [2.75, 3.05) is 5.73 Å². The minimum absolute atomic E-state index is 0.824. The quantitative estimate of drug-likeness (QED) is 0.599. The minimum Gasteiger partial charge on any atom is -0.398 e. The SMILES string of the molecule is Cc1ccc(N=Nc2cc(C)c(N)c(C)c2)cc1C. The molecule has 0 aliphatic heterocycles. The number of hydrogen-bond donors (Lipinski definition) is 1. The molecule has 0 unspecified atom stereocenters. The van der Waals surface area contributed by atoms with Gasteiger partial charge in [-0.1, -0.05) is 6.07 Å². The molecule has 0 amide bonds. The van der Waals surface area contributed by atoms with Gasteiger partial charge in [0, 0.05) is 5.69 Å². The monoisotopic (exact) mass is 253 g/mol. The molecule has 3 heteroatoms. The predicted molar refractivity (Wildman–Crippen MR) is 80.4 cm³/mol. The molecule has 0 saturated heterocycles. The molecular formula is C16H19N3. The number of anilines is 1. The fourth-order valence-corrected chi connectivity index (χ4v) is 1.91. The summed E-state index contributed by atoms with van der Waals surface area (Å²) in [6.07, 6.45) is 0. The van der Waals surface area contributed by atoms with Gasteiger partial charge in [0.25, 0.3) is 0 Å². The number of nitrogens with two attached hydrogens (primary N) is 1. The molecule has 0 heterocycles. The first-order chi connectivity index (χ1) is 8.97. The van der Waals surface area contributed by atoms with Crippen LogP contribution in [0.25, 0.3) is 0 Å². The third-order valence-corrected chi connectivity index (χ3v) is 3.35. The van der Waals surface area contributed by atoms with Crippen molar-refractivity contribution in [3.8, 4) is 0 Å². The maximum absolute atomic E-state index is 5.92. The van der Waals surface area contributed by atoms with Crippen LogP contribution in [0.3, 0.4) is 0 Å². The van der Waals surface area contributed by atoms with Gasteiger partial charge in [0.1, 0.15) is 0 Å². The van der Waals surface area contributed by atoms with Crippen molar-refractivity contribution in [1.29, 1.82) is 0 Å². The van der Waals surface area contributed by atoms with E-state index >= 15 is 0 Å². The molecule has 2 aromatic rings. The lowest BCUT2D eigenvalue weighted by molar-refractivity contribution is 1.20. The van der Waals surface area contributed by atoms with Gasteiger partial charge in [-0.15, -0.1) is 0 Å². The molecular weight excluding hydrogens is 234 g/mol. The Morgan fingerprint density at radius 2 is 1.21 bits per heavy atom. The van der Waals surface area contributed by atoms with Gasteiger partial charge in [-0.2, -0.15) is 10.2 Å². The van der Waals surface area contributed by atoms with Gasteiger partial charge in [0.15, 0.2) is 0 Å². The van der Waals surface area contributed by atoms with Gasteiger partial charge >= 0.3 is 0 Å². The molecule has 0 saturated carbocycles. The van der Waals surface area contributed by atoms with Crippen molar-refractivity contribution >= 4 is 17.1 Å². The van der Waals surface area contributed by atoms with E-state index in [0.29, 0.717) is 0 Å². The van der Waals surface area contributed by atoms with E-state index in [2.05, 4.69) is 30.1 Å². The summed E-state index contributed by atoms with van der Waals surface area (Å²) in [6.45, 7) is 8.13. The van der Waals surface area contributed by atoms with Crippen LogP contribution < -0.4 is 5.73 Å². The van der Waals surface area contributed by atoms with E-state index in [0.717, 1.165) is 28.2 Å². The van der Waals surface area contributed by atoms with Crippen molar-refractivity contribution in [2.45, 2.75) is 27.7 Å². The molecule has 19 heavy (non-hydrogen) atoms. The third kappa shape index (κ3) is 2.99. The van der Waals surface area contributed by atoms with Crippen LogP contribution in [0.5, 0.6) is 0 Å². The van der Waals surface area contributed by atoms with Crippen LogP contribution >= 0.6 is 0 Å². The highest BCUT2D eigenvalue weighted by molar-refractivity contribution is 5.59. The molecule has 2 rings (SSSR count). The van der Waals surface area contributed by atoms with Crippen LogP contribution in [0.2, 0.25) is 0 Å². The number of azo groups is 1. The molecule has 0 aromatic heterocycles. The largest absolute Gasteiger partial charge is 0.398 e. The first-order valence-corrected chi connectivity index (χ1v) is 6.33. The normalized spacial score (nSPS) is 11.2. The molecule has 2 aromatic carbocycles. The Morgan fingerprint density at radius 1 is 0.684 bits per heavy atom. The number of benzene rings is 2. The van der Waals surface area contributed by atoms with Gasteiger partial charge in [-0.3, -0.25) is 0 Å². The Balaban J connectivity index is 2.30. The molecule has 0 atom stereocenters. The molecule has 0 aliphatic rings. The van der Waals surface area contributed by atoms with Gasteiger partial charge in [-0.25, -0.2) is 0 Å². The van der Waals surface area contributed by atoms with Crippen LogP contribution in [0.1, 0.15) is 22.3 Å². The third-order valence-electron chi connectivity index (χ3n) is 3.35. The topological polar surface area (TPSA) is 50.7 Å². The second kappa shape index (κ2) is 5.22. The highest BCUT2D eigenvalue weighted by Crippen LogP contribution is 2.26. The van der Waals surface area contributed by atoms with Crippen LogP contribution in [0, 0.1) is 27.7 Å². The van der Waals surface area contributed by atoms with E-state index in [1.54, 1.807) is 0 Å². The minimum atomic E-state index is 0.824. The van der Waals surface area contributed by atoms with Gasteiger partial charge < -0.3 is 5.73 Å². The smallest absolute Gasteiger partial charge is 0.0863 e. The van der Waals surface area contributed by atoms with Crippen LogP contribution in [0.4, 0.5) is 17.1 Å². The first kappa shape index (κ1) is 13.3. The summed E-state index contributed by atoms with van der Waals surface area (Å²) in [6, 6.07) is 9.97. The summed E-state index contributed by atoms with van der Waals surface area (Å²) in [5.41, 5.74) is 13.0. The fraction of sp³-hybridized carbons (Fsp3) is 0.250. The predicted octanol–water partition coefficient (Wildman–Crippen LogP) is 4.92. The molecule has 0 fully saturated rings. The molecule has 2 N–H and O–H groups in total. The Hall–Kier alpha value is -2.16. The van der Waals surface area contributed by atoms with E-state index in [9.17, 15) is 0 Å². The number of nitrogens with zero attached hydrogens (tertiary/aromatic N) is 2. The summed E-state index contributed by atoms with van der Waals surface area (Å²) in [5, 5.41) is 8.55. The number of nitrogen functional groups attached to an aromatic ring is 1. The summed E-state index contributed by atoms with van der Waals surface area (Å²) < 4.78 is 0. The first-order valence-electron chi connectivity index (χ1n) is 6.33. The van der Waals surface area contributed by atoms with Gasteiger partial charge in [0.2, 0.25) is 0 Å². The lowest BCUT2D eigenvalue weighted by atomic mass is 10.1. The molecule has 98 valence electrons. The second-order valence-electron chi connectivity index (χ2n) is 4.96. The van der Waals surface area contributed by atoms with Crippen molar-refractivity contribution in [3.63, 3.8) is 0 Å². The zero-order valence-electron chi connectivity index (χ0n) is 11.9. The average Bonchev–Trinajstić information content (AvgIpc) is 2.37. The molecule has 0 radical (unpaired) electrons. The maximum atomic E-state index is 5.92. The van der Waals surface area contributed by atoms with Gasteiger partial charge in [-0.05, 0) is 74.2 Å². The highest BCUT2D eigenvalue weighted by Gasteiger charge is 2.01. The van der Waals surface area contributed by atoms with E-state index in [1.165, 1.54) is 11.1 Å². The number of rotatable bonds is 2. The van der Waals surface area contributed by atoms with Crippen LogP contribution in [-0.2, 0) is 0 Å². The standard InChI is InChI=1S/C16H19N3/c1-10-5-6-14(7-11(10)2)18-19-15-8-12(3)16(17)13(4)9-15/h5-9H,17H2,1-4H3. The van der Waals surface area contributed by atoms with Crippen LogP contribution in [-0.4, -0.2) is 0 Å². The number of hydrogen-bond acceptors (Lipinski definition) is 3. The summed E-state index contributed by atoms with van der Waals surface area (Å²) in [7, 11) is 0. The summed E-state index contributed by atoms with van der Waals surface area (Å²) >= 11 is 0. The Bertz CT molecular complexity index is 619. The zero-order valence-corrected chi connectivity index (χ0v) is 11.9. The van der Waals surface area contributed by atoms with Gasteiger partial charge in [0.05, 0.1) is 11.4 Å². The lowest BCUT2D eigenvalue weighted by Gasteiger charge is -2.05. The van der Waals surface area contributed by atoms with E-state index < -0.39 is 0 Å². The van der Waals surface area contributed by atoms with E-state index in [4.69, 9.17) is 5.73 Å². The van der Waals surface area contributed by atoms with Crippen LogP contribution in [0.15, 0.2) is 40.6 Å². The number of aryl methyl sites for hydroxylation is 4. The maximum Gasteiger partial charge on any atom is 0.0863 e. The van der Waals surface area contributed by atoms with Crippen molar-refractivity contribution in [1.82, 2.24) is 0 Å². The Kier molecular flexibility index (Phi) is 3.65. The summed E-state index contributed by atoms with van der Waals surface area (Å²) in [5.74, 6) is 0. The van der Waals surface area contributed by atoms with Crippen molar-refractivity contribution in [2.24, 2.45) is 10.2 Å². The molecule has 0 bridgehead atoms. The second-order valence-corrected chi connectivity index (χ2v) is 4.96. The van der Waals surface area contributed by atoms with E-state index in [1.807, 2.05) is 38.1 Å². The highest BCUT2D eigenvalue weighted by atomic mass is 15.1. The summed E-state index contributed by atoms with van der Waals surface area (Å²) in [4.78, 5) is 0. The molecule has 3 nitrogen and oxygen atoms in total. The molecule has 0 spiro atoms.